The van der Waals surface area contributed by atoms with Gasteiger partial charge in [0.2, 0.25) is 0 Å². The van der Waals surface area contributed by atoms with Crippen molar-refractivity contribution >= 4 is 0 Å². The highest BCUT2D eigenvalue weighted by Crippen LogP contribution is 2.68. The Balaban J connectivity index is 1.49. The molecule has 0 saturated heterocycles. The maximum atomic E-state index is 6.51. The van der Waals surface area contributed by atoms with Crippen LogP contribution in [-0.2, 0) is 28.4 Å². The molecule has 11 atom stereocenters. The minimum Gasteiger partial charge on any atom is -0.359 e. The highest BCUT2D eigenvalue weighted by molar-refractivity contribution is 5.13. The molecular formula is C34H60O6. The molecule has 0 aromatic carbocycles. The molecule has 0 bridgehead atoms. The van der Waals surface area contributed by atoms with Crippen LogP contribution in [0.1, 0.15) is 86.0 Å². The number of rotatable bonds is 14. The fraction of sp³-hybridized carbons (Fsp3) is 0.941. The third-order valence-electron chi connectivity index (χ3n) is 12.2. The maximum Gasteiger partial charge on any atom is 0.146 e. The molecule has 4 aliphatic rings. The van der Waals surface area contributed by atoms with E-state index < -0.39 is 0 Å². The fourth-order valence-electron chi connectivity index (χ4n) is 9.98. The standard InChI is InChI=1S/C34H60O6/c1-23(2)25(19-38-20-35-6)10-9-24(3)28-11-12-29-27-18-32(40-22-37-8)31-17-26(39-21-36-7)13-15-34(31,5)30(27)14-16-33(28,29)4/h9-10,23-32H,11-22H2,1-8H3/t24-,25-,26+,27+,28-,29+,30+,31?,32+,33-,34-/m1/s1. The Morgan fingerprint density at radius 2 is 1.40 bits per heavy atom. The normalized spacial score (nSPS) is 41.1. The number of methoxy groups -OCH3 is 3. The summed E-state index contributed by atoms with van der Waals surface area (Å²) in [6.45, 7) is 14.2. The van der Waals surface area contributed by atoms with Gasteiger partial charge in [0.05, 0.1) is 18.8 Å². The van der Waals surface area contributed by atoms with Crippen LogP contribution in [0.15, 0.2) is 12.2 Å². The van der Waals surface area contributed by atoms with Gasteiger partial charge in [-0.25, -0.2) is 0 Å². The van der Waals surface area contributed by atoms with Gasteiger partial charge in [0.15, 0.2) is 0 Å². The van der Waals surface area contributed by atoms with E-state index in [-0.39, 0.29) is 12.2 Å². The van der Waals surface area contributed by atoms with Crippen molar-refractivity contribution in [3.63, 3.8) is 0 Å². The molecule has 0 radical (unpaired) electrons. The van der Waals surface area contributed by atoms with Crippen LogP contribution >= 0.6 is 0 Å². The molecule has 4 aliphatic carbocycles. The van der Waals surface area contributed by atoms with Crippen LogP contribution in [0.5, 0.6) is 0 Å². The number of fused-ring (bicyclic) bond motifs is 5. The molecule has 0 heterocycles. The zero-order valence-corrected chi connectivity index (χ0v) is 26.9. The molecule has 6 nitrogen and oxygen atoms in total. The van der Waals surface area contributed by atoms with Gasteiger partial charge in [-0.2, -0.15) is 0 Å². The number of ether oxygens (including phenoxy) is 6. The van der Waals surface area contributed by atoms with Gasteiger partial charge in [-0.05, 0) is 104 Å². The second-order valence-electron chi connectivity index (χ2n) is 14.5. The van der Waals surface area contributed by atoms with Gasteiger partial charge in [0.25, 0.3) is 0 Å². The topological polar surface area (TPSA) is 55.4 Å². The molecule has 40 heavy (non-hydrogen) atoms. The summed E-state index contributed by atoms with van der Waals surface area (Å²) in [4.78, 5) is 0. The highest BCUT2D eigenvalue weighted by Gasteiger charge is 2.62. The first kappa shape index (κ1) is 32.4. The van der Waals surface area contributed by atoms with Crippen LogP contribution < -0.4 is 0 Å². The van der Waals surface area contributed by atoms with E-state index in [1.807, 2.05) is 0 Å². The van der Waals surface area contributed by atoms with Crippen molar-refractivity contribution in [2.24, 2.45) is 58.2 Å². The number of hydrogen-bond donors (Lipinski definition) is 0. The molecule has 0 amide bonds. The Kier molecular flexibility index (Phi) is 11.6. The van der Waals surface area contributed by atoms with Gasteiger partial charge < -0.3 is 28.4 Å². The second-order valence-corrected chi connectivity index (χ2v) is 14.5. The van der Waals surface area contributed by atoms with Crippen molar-refractivity contribution in [2.45, 2.75) is 98.2 Å². The summed E-state index contributed by atoms with van der Waals surface area (Å²) in [5, 5.41) is 0. The third-order valence-corrected chi connectivity index (χ3v) is 12.2. The van der Waals surface area contributed by atoms with Gasteiger partial charge in [0.1, 0.15) is 20.4 Å². The monoisotopic (exact) mass is 564 g/mol. The highest BCUT2D eigenvalue weighted by atomic mass is 16.7. The first-order valence-electron chi connectivity index (χ1n) is 16.2. The van der Waals surface area contributed by atoms with E-state index >= 15 is 0 Å². The number of hydrogen-bond acceptors (Lipinski definition) is 6. The van der Waals surface area contributed by atoms with Crippen molar-refractivity contribution in [3.8, 4) is 0 Å². The fourth-order valence-corrected chi connectivity index (χ4v) is 9.98. The van der Waals surface area contributed by atoms with Crippen molar-refractivity contribution in [1.82, 2.24) is 0 Å². The van der Waals surface area contributed by atoms with Crippen molar-refractivity contribution in [2.75, 3.05) is 48.3 Å². The molecule has 232 valence electrons. The Hall–Kier alpha value is -0.500. The van der Waals surface area contributed by atoms with Crippen molar-refractivity contribution in [1.29, 1.82) is 0 Å². The number of allylic oxidation sites excluding steroid dienone is 1. The zero-order valence-electron chi connectivity index (χ0n) is 26.9. The molecule has 4 rings (SSSR count). The molecule has 4 saturated carbocycles. The smallest absolute Gasteiger partial charge is 0.146 e. The van der Waals surface area contributed by atoms with Crippen molar-refractivity contribution < 1.29 is 28.4 Å². The lowest BCUT2D eigenvalue weighted by molar-refractivity contribution is -0.213. The summed E-state index contributed by atoms with van der Waals surface area (Å²) in [6, 6.07) is 0. The largest absolute Gasteiger partial charge is 0.359 e. The summed E-state index contributed by atoms with van der Waals surface area (Å²) in [7, 11) is 5.15. The molecule has 6 heteroatoms. The average Bonchev–Trinajstić information content (AvgIpc) is 3.29. The lowest BCUT2D eigenvalue weighted by Crippen LogP contribution is -2.59. The van der Waals surface area contributed by atoms with E-state index in [0.29, 0.717) is 54.9 Å². The summed E-state index contributed by atoms with van der Waals surface area (Å²) in [6.07, 6.45) is 15.5. The van der Waals surface area contributed by atoms with Crippen LogP contribution in [0.2, 0.25) is 0 Å². The molecule has 0 spiro atoms. The van der Waals surface area contributed by atoms with Gasteiger partial charge in [0, 0.05) is 27.2 Å². The Morgan fingerprint density at radius 3 is 2.10 bits per heavy atom. The van der Waals surface area contributed by atoms with E-state index in [1.165, 1.54) is 38.5 Å². The minimum atomic E-state index is 0.248. The molecule has 0 N–H and O–H groups in total. The predicted octanol–water partition coefficient (Wildman–Crippen LogP) is 7.32. The second kappa shape index (κ2) is 14.3. The average molecular weight is 565 g/mol. The lowest BCUT2D eigenvalue weighted by atomic mass is 9.43. The summed E-state index contributed by atoms with van der Waals surface area (Å²) in [5.74, 6) is 5.14. The Bertz CT molecular complexity index is 801. The minimum absolute atomic E-state index is 0.248. The maximum absolute atomic E-state index is 6.51. The summed E-state index contributed by atoms with van der Waals surface area (Å²) >= 11 is 0. The van der Waals surface area contributed by atoms with Crippen LogP contribution in [0.3, 0.4) is 0 Å². The van der Waals surface area contributed by atoms with E-state index in [1.54, 1.807) is 21.3 Å². The molecule has 0 aliphatic heterocycles. The van der Waals surface area contributed by atoms with Crippen LogP contribution in [0.25, 0.3) is 0 Å². The van der Waals surface area contributed by atoms with Crippen LogP contribution in [0, 0.1) is 58.2 Å². The quantitative estimate of drug-likeness (QED) is 0.125. The van der Waals surface area contributed by atoms with Gasteiger partial charge in [-0.3, -0.25) is 0 Å². The first-order chi connectivity index (χ1) is 19.2. The molecule has 1 unspecified atom stereocenters. The van der Waals surface area contributed by atoms with E-state index in [4.69, 9.17) is 28.4 Å². The zero-order chi connectivity index (χ0) is 28.9. The van der Waals surface area contributed by atoms with Gasteiger partial charge in [-0.1, -0.05) is 46.8 Å². The molecule has 0 aromatic heterocycles. The lowest BCUT2D eigenvalue weighted by Gasteiger charge is -2.63. The molecule has 4 fully saturated rings. The van der Waals surface area contributed by atoms with Gasteiger partial charge in [-0.15, -0.1) is 0 Å². The SMILES string of the molecule is COCOC[C@@H](C=C[C@@H](C)[C@H]1CC[C@H]2[C@@H]3C[C@H](OCOC)C4C[C@@H](OCOC)CC[C@]4(C)[C@H]3CC[C@]12C)C(C)C. The van der Waals surface area contributed by atoms with E-state index in [0.717, 1.165) is 43.1 Å². The van der Waals surface area contributed by atoms with Crippen LogP contribution in [0.4, 0.5) is 0 Å². The Morgan fingerprint density at radius 1 is 0.725 bits per heavy atom. The molecule has 0 aromatic rings. The third kappa shape index (κ3) is 6.68. The molecular weight excluding hydrogens is 504 g/mol. The Labute approximate surface area is 245 Å². The van der Waals surface area contributed by atoms with E-state index in [2.05, 4.69) is 46.8 Å². The first-order valence-corrected chi connectivity index (χ1v) is 16.2. The summed E-state index contributed by atoms with van der Waals surface area (Å²) < 4.78 is 34.1. The van der Waals surface area contributed by atoms with Crippen LogP contribution in [-0.4, -0.2) is 60.5 Å². The van der Waals surface area contributed by atoms with Crippen molar-refractivity contribution in [3.05, 3.63) is 12.2 Å². The van der Waals surface area contributed by atoms with E-state index in [9.17, 15) is 0 Å². The predicted molar refractivity (Wildman–Crippen MR) is 159 cm³/mol. The summed E-state index contributed by atoms with van der Waals surface area (Å²) in [5.41, 5.74) is 0.713. The van der Waals surface area contributed by atoms with Gasteiger partial charge >= 0.3 is 0 Å².